The summed E-state index contributed by atoms with van der Waals surface area (Å²) in [5, 5.41) is 3.10. The third kappa shape index (κ3) is 6.13. The maximum Gasteiger partial charge on any atom is 0.410 e. The lowest BCUT2D eigenvalue weighted by atomic mass is 9.64. The molecule has 5 heteroatoms. The smallest absolute Gasteiger partial charge is 0.410 e. The average molecular weight is 445 g/mol. The number of amides is 2. The van der Waals surface area contributed by atoms with Crippen LogP contribution in [0.5, 0.6) is 0 Å². The molecule has 0 radical (unpaired) electrons. The van der Waals surface area contributed by atoms with Gasteiger partial charge in [0.05, 0.1) is 0 Å². The van der Waals surface area contributed by atoms with Gasteiger partial charge in [0.15, 0.2) is 0 Å². The zero-order valence-electron chi connectivity index (χ0n) is 19.0. The van der Waals surface area contributed by atoms with E-state index in [0.29, 0.717) is 32.0 Å². The van der Waals surface area contributed by atoms with Crippen LogP contribution < -0.4 is 5.32 Å². The molecule has 4 rings (SSSR count). The second-order valence-electron chi connectivity index (χ2n) is 8.98. The number of nitrogens with zero attached hydrogens (tertiary/aromatic N) is 1. The summed E-state index contributed by atoms with van der Waals surface area (Å²) in [7, 11) is 0. The van der Waals surface area contributed by atoms with E-state index in [1.54, 1.807) is 4.90 Å². The van der Waals surface area contributed by atoms with Crippen molar-refractivity contribution >= 4 is 12.0 Å². The Labute approximate surface area is 196 Å². The summed E-state index contributed by atoms with van der Waals surface area (Å²) < 4.78 is 5.53. The quantitative estimate of drug-likeness (QED) is 0.635. The van der Waals surface area contributed by atoms with Crippen LogP contribution in [0.3, 0.4) is 0 Å². The lowest BCUT2D eigenvalue weighted by Crippen LogP contribution is -2.48. The molecule has 1 N–H and O–H groups in total. The molecule has 1 atom stereocenters. The Morgan fingerprint density at radius 2 is 1.61 bits per heavy atom. The topological polar surface area (TPSA) is 58.6 Å². The molecule has 0 spiro atoms. The van der Waals surface area contributed by atoms with Crippen LogP contribution in [0, 0.1) is 11.3 Å². The second-order valence-corrected chi connectivity index (χ2v) is 8.98. The summed E-state index contributed by atoms with van der Waals surface area (Å²) in [6.07, 6.45) is 11.2. The molecule has 1 heterocycles. The van der Waals surface area contributed by atoms with Gasteiger partial charge < -0.3 is 15.0 Å². The third-order valence-corrected chi connectivity index (χ3v) is 6.83. The van der Waals surface area contributed by atoms with Crippen molar-refractivity contribution in [1.82, 2.24) is 10.2 Å². The van der Waals surface area contributed by atoms with Crippen LogP contribution in [-0.2, 0) is 22.7 Å². The zero-order chi connectivity index (χ0) is 22.9. The molecule has 2 aromatic carbocycles. The Morgan fingerprint density at radius 1 is 0.939 bits per heavy atom. The largest absolute Gasteiger partial charge is 0.445 e. The summed E-state index contributed by atoms with van der Waals surface area (Å²) in [4.78, 5) is 27.4. The van der Waals surface area contributed by atoms with Crippen molar-refractivity contribution in [3.63, 3.8) is 0 Å². The molecule has 0 saturated carbocycles. The van der Waals surface area contributed by atoms with Crippen molar-refractivity contribution in [2.75, 3.05) is 13.1 Å². The highest BCUT2D eigenvalue weighted by molar-refractivity contribution is 5.77. The summed E-state index contributed by atoms with van der Waals surface area (Å²) in [5.74, 6) is 0.370. The lowest BCUT2D eigenvalue weighted by Gasteiger charge is -2.45. The Balaban J connectivity index is 1.35. The van der Waals surface area contributed by atoms with Crippen molar-refractivity contribution < 1.29 is 14.3 Å². The first-order valence-corrected chi connectivity index (χ1v) is 11.7. The van der Waals surface area contributed by atoms with Gasteiger partial charge in [-0.1, -0.05) is 85.0 Å². The number of ether oxygens (including phenoxy) is 1. The average Bonchev–Trinajstić information content (AvgIpc) is 2.88. The number of hydrogen-bond donors (Lipinski definition) is 1. The predicted molar refractivity (Wildman–Crippen MR) is 129 cm³/mol. The number of benzene rings is 2. The van der Waals surface area contributed by atoms with Gasteiger partial charge >= 0.3 is 6.09 Å². The Bertz CT molecular complexity index is 977. The van der Waals surface area contributed by atoms with Gasteiger partial charge in [-0.2, -0.15) is 0 Å². The highest BCUT2D eigenvalue weighted by atomic mass is 16.6. The van der Waals surface area contributed by atoms with E-state index in [9.17, 15) is 9.59 Å². The number of likely N-dealkylation sites (tertiary alicyclic amines) is 1. The molecular weight excluding hydrogens is 412 g/mol. The van der Waals surface area contributed by atoms with Gasteiger partial charge in [-0.05, 0) is 41.7 Å². The Hall–Kier alpha value is -3.34. The number of allylic oxidation sites excluding steroid dienone is 4. The van der Waals surface area contributed by atoms with Crippen LogP contribution in [0.25, 0.3) is 0 Å². The number of rotatable bonds is 7. The van der Waals surface area contributed by atoms with E-state index >= 15 is 0 Å². The molecule has 1 aliphatic carbocycles. The van der Waals surface area contributed by atoms with Gasteiger partial charge in [0, 0.05) is 26.1 Å². The molecular formula is C28H32N2O3. The molecule has 172 valence electrons. The minimum absolute atomic E-state index is 0.0712. The van der Waals surface area contributed by atoms with Crippen LogP contribution in [0.1, 0.15) is 36.8 Å². The van der Waals surface area contributed by atoms with Gasteiger partial charge in [-0.3, -0.25) is 4.79 Å². The highest BCUT2D eigenvalue weighted by Crippen LogP contribution is 2.45. The van der Waals surface area contributed by atoms with Crippen molar-refractivity contribution in [2.45, 2.75) is 38.8 Å². The monoisotopic (exact) mass is 444 g/mol. The van der Waals surface area contributed by atoms with Gasteiger partial charge in [0.25, 0.3) is 0 Å². The molecule has 0 aromatic heterocycles. The van der Waals surface area contributed by atoms with E-state index in [1.165, 1.54) is 0 Å². The first-order chi connectivity index (χ1) is 16.1. The number of hydrogen-bond acceptors (Lipinski definition) is 3. The Kier molecular flexibility index (Phi) is 7.61. The Morgan fingerprint density at radius 3 is 2.24 bits per heavy atom. The van der Waals surface area contributed by atoms with Crippen LogP contribution >= 0.6 is 0 Å². The fourth-order valence-electron chi connectivity index (χ4n) is 4.84. The van der Waals surface area contributed by atoms with Crippen LogP contribution in [0.2, 0.25) is 0 Å². The highest BCUT2D eigenvalue weighted by Gasteiger charge is 2.42. The molecule has 2 aromatic rings. The van der Waals surface area contributed by atoms with E-state index in [1.807, 2.05) is 60.7 Å². The standard InChI is InChI=1S/C28H32N2O3/c31-26(29-21-23-10-4-1-5-11-23)20-28(25-14-8-3-9-15-25)16-18-30(19-17-28)27(32)33-22-24-12-6-2-7-13-24/h1-14,25H,15-22H2,(H,29,31). The van der Waals surface area contributed by atoms with E-state index < -0.39 is 0 Å². The van der Waals surface area contributed by atoms with Crippen molar-refractivity contribution in [3.05, 3.63) is 96.1 Å². The van der Waals surface area contributed by atoms with Gasteiger partial charge in [0.2, 0.25) is 5.91 Å². The summed E-state index contributed by atoms with van der Waals surface area (Å²) in [5.41, 5.74) is 1.92. The number of piperidine rings is 1. The summed E-state index contributed by atoms with van der Waals surface area (Å²) >= 11 is 0. The van der Waals surface area contributed by atoms with Crippen LogP contribution in [0.4, 0.5) is 4.79 Å². The van der Waals surface area contributed by atoms with E-state index in [0.717, 1.165) is 30.4 Å². The van der Waals surface area contributed by atoms with E-state index in [4.69, 9.17) is 4.74 Å². The maximum atomic E-state index is 12.9. The number of carbonyl (C=O) groups excluding carboxylic acids is 2. The molecule has 1 unspecified atom stereocenters. The van der Waals surface area contributed by atoms with E-state index in [2.05, 4.69) is 29.6 Å². The first kappa shape index (κ1) is 22.8. The second kappa shape index (κ2) is 11.0. The van der Waals surface area contributed by atoms with Gasteiger partial charge in [0.1, 0.15) is 6.61 Å². The SMILES string of the molecule is O=C(CC1(C2C=CC=CC2)CCN(C(=O)OCc2ccccc2)CC1)NCc1ccccc1. The molecule has 1 aliphatic heterocycles. The van der Waals surface area contributed by atoms with Gasteiger partial charge in [-0.25, -0.2) is 4.79 Å². The summed E-state index contributed by atoms with van der Waals surface area (Å²) in [6.45, 7) is 2.02. The molecule has 0 bridgehead atoms. The number of nitrogens with one attached hydrogen (secondary N) is 1. The van der Waals surface area contributed by atoms with Crippen molar-refractivity contribution in [2.24, 2.45) is 11.3 Å². The fourth-order valence-corrected chi connectivity index (χ4v) is 4.84. The maximum absolute atomic E-state index is 12.9. The molecule has 33 heavy (non-hydrogen) atoms. The van der Waals surface area contributed by atoms with E-state index in [-0.39, 0.29) is 24.0 Å². The lowest BCUT2D eigenvalue weighted by molar-refractivity contribution is -0.125. The number of carbonyl (C=O) groups is 2. The predicted octanol–water partition coefficient (Wildman–Crippen LogP) is 5.24. The minimum atomic E-state index is -0.278. The van der Waals surface area contributed by atoms with Crippen molar-refractivity contribution in [1.29, 1.82) is 0 Å². The van der Waals surface area contributed by atoms with Gasteiger partial charge in [-0.15, -0.1) is 0 Å². The molecule has 2 aliphatic rings. The van der Waals surface area contributed by atoms with Crippen LogP contribution in [-0.4, -0.2) is 30.0 Å². The molecule has 1 fully saturated rings. The fraction of sp³-hybridized carbons (Fsp3) is 0.357. The summed E-state index contributed by atoms with van der Waals surface area (Å²) in [6, 6.07) is 19.7. The van der Waals surface area contributed by atoms with Crippen molar-refractivity contribution in [3.8, 4) is 0 Å². The van der Waals surface area contributed by atoms with Crippen LogP contribution in [0.15, 0.2) is 85.0 Å². The first-order valence-electron chi connectivity index (χ1n) is 11.7. The normalized spacial score (nSPS) is 19.2. The molecule has 2 amide bonds. The zero-order valence-corrected chi connectivity index (χ0v) is 19.0. The third-order valence-electron chi connectivity index (χ3n) is 6.83. The molecule has 1 saturated heterocycles. The molecule has 5 nitrogen and oxygen atoms in total. The minimum Gasteiger partial charge on any atom is -0.445 e.